The highest BCUT2D eigenvalue weighted by Crippen LogP contribution is 2.32. The Hall–Kier alpha value is -1.01. The standard InChI is InChI=1S/C13H11ClFIN2/c1-7-3-2-4-8(14)13(7)18-12-5-9(15)10(16)6-11(12)17/h2-6,18H,17H2,1H3. The maximum atomic E-state index is 13.5. The van der Waals surface area contributed by atoms with Crippen LogP contribution >= 0.6 is 34.2 Å². The Morgan fingerprint density at radius 2 is 2.06 bits per heavy atom. The second-order valence-electron chi connectivity index (χ2n) is 3.91. The first-order chi connectivity index (χ1) is 8.49. The highest BCUT2D eigenvalue weighted by atomic mass is 127. The number of halogens is 3. The number of nitrogens with one attached hydrogen (secondary N) is 1. The van der Waals surface area contributed by atoms with E-state index in [-0.39, 0.29) is 5.82 Å². The molecular formula is C13H11ClFIN2. The highest BCUT2D eigenvalue weighted by Gasteiger charge is 2.09. The lowest BCUT2D eigenvalue weighted by atomic mass is 10.2. The number of nitrogen functional groups attached to an aromatic ring is 1. The molecule has 0 spiro atoms. The van der Waals surface area contributed by atoms with Gasteiger partial charge in [-0.2, -0.15) is 0 Å². The van der Waals surface area contributed by atoms with E-state index in [4.69, 9.17) is 17.3 Å². The van der Waals surface area contributed by atoms with Gasteiger partial charge >= 0.3 is 0 Å². The van der Waals surface area contributed by atoms with Crippen molar-refractivity contribution in [2.24, 2.45) is 0 Å². The molecule has 0 amide bonds. The van der Waals surface area contributed by atoms with E-state index in [1.54, 1.807) is 12.1 Å². The predicted octanol–water partition coefficient (Wildman–Crippen LogP) is 4.72. The first-order valence-electron chi connectivity index (χ1n) is 5.25. The molecule has 0 unspecified atom stereocenters. The summed E-state index contributed by atoms with van der Waals surface area (Å²) in [5.41, 5.74) is 8.58. The number of anilines is 3. The van der Waals surface area contributed by atoms with Gasteiger partial charge < -0.3 is 11.1 Å². The molecule has 0 aliphatic carbocycles. The van der Waals surface area contributed by atoms with Gasteiger partial charge in [-0.3, -0.25) is 0 Å². The van der Waals surface area contributed by atoms with Crippen molar-refractivity contribution < 1.29 is 4.39 Å². The Labute approximate surface area is 123 Å². The zero-order valence-corrected chi connectivity index (χ0v) is 12.5. The quantitative estimate of drug-likeness (QED) is 0.588. The minimum atomic E-state index is -0.308. The molecule has 0 aliphatic heterocycles. The molecule has 2 aromatic rings. The van der Waals surface area contributed by atoms with Crippen LogP contribution in [-0.4, -0.2) is 0 Å². The number of para-hydroxylation sites is 1. The normalized spacial score (nSPS) is 10.4. The summed E-state index contributed by atoms with van der Waals surface area (Å²) in [6, 6.07) is 8.52. The van der Waals surface area contributed by atoms with Crippen LogP contribution in [0.5, 0.6) is 0 Å². The number of hydrogen-bond donors (Lipinski definition) is 2. The Kier molecular flexibility index (Phi) is 3.97. The maximum Gasteiger partial charge on any atom is 0.138 e. The molecule has 94 valence electrons. The monoisotopic (exact) mass is 376 g/mol. The summed E-state index contributed by atoms with van der Waals surface area (Å²) < 4.78 is 14.0. The molecule has 0 fully saturated rings. The molecule has 3 N–H and O–H groups in total. The van der Waals surface area contributed by atoms with Crippen molar-refractivity contribution in [2.75, 3.05) is 11.1 Å². The first kappa shape index (κ1) is 13.4. The zero-order valence-electron chi connectivity index (χ0n) is 9.60. The van der Waals surface area contributed by atoms with E-state index in [1.165, 1.54) is 6.07 Å². The number of aryl methyl sites for hydroxylation is 1. The maximum absolute atomic E-state index is 13.5. The Bertz CT molecular complexity index is 582. The molecule has 5 heteroatoms. The number of hydrogen-bond acceptors (Lipinski definition) is 2. The smallest absolute Gasteiger partial charge is 0.138 e. The minimum absolute atomic E-state index is 0.308. The van der Waals surface area contributed by atoms with E-state index in [0.717, 1.165) is 11.3 Å². The van der Waals surface area contributed by atoms with E-state index >= 15 is 0 Å². The summed E-state index contributed by atoms with van der Waals surface area (Å²) in [5, 5.41) is 3.65. The average molecular weight is 377 g/mol. The largest absolute Gasteiger partial charge is 0.397 e. The van der Waals surface area contributed by atoms with Gasteiger partial charge in [0.15, 0.2) is 0 Å². The van der Waals surface area contributed by atoms with Gasteiger partial charge in [0, 0.05) is 6.07 Å². The van der Waals surface area contributed by atoms with Crippen molar-refractivity contribution in [3.05, 3.63) is 50.3 Å². The molecule has 0 radical (unpaired) electrons. The summed E-state index contributed by atoms with van der Waals surface area (Å²) in [6.07, 6.45) is 0. The minimum Gasteiger partial charge on any atom is -0.397 e. The summed E-state index contributed by atoms with van der Waals surface area (Å²) in [4.78, 5) is 0. The lowest BCUT2D eigenvalue weighted by Crippen LogP contribution is -2.00. The molecule has 2 rings (SSSR count). The van der Waals surface area contributed by atoms with Crippen molar-refractivity contribution in [3.63, 3.8) is 0 Å². The third kappa shape index (κ3) is 2.70. The van der Waals surface area contributed by atoms with Crippen LogP contribution in [0.25, 0.3) is 0 Å². The third-order valence-corrected chi connectivity index (χ3v) is 3.72. The molecule has 18 heavy (non-hydrogen) atoms. The van der Waals surface area contributed by atoms with Crippen LogP contribution in [0, 0.1) is 16.3 Å². The van der Waals surface area contributed by atoms with Crippen molar-refractivity contribution in [2.45, 2.75) is 6.92 Å². The fourth-order valence-electron chi connectivity index (χ4n) is 1.60. The van der Waals surface area contributed by atoms with Gasteiger partial charge in [-0.05, 0) is 47.2 Å². The first-order valence-corrected chi connectivity index (χ1v) is 6.71. The summed E-state index contributed by atoms with van der Waals surface area (Å²) in [6.45, 7) is 1.92. The lowest BCUT2D eigenvalue weighted by Gasteiger charge is -2.14. The fourth-order valence-corrected chi connectivity index (χ4v) is 2.36. The molecule has 0 aliphatic rings. The summed E-state index contributed by atoms with van der Waals surface area (Å²) in [5.74, 6) is -0.308. The highest BCUT2D eigenvalue weighted by molar-refractivity contribution is 14.1. The van der Waals surface area contributed by atoms with Crippen LogP contribution in [0.4, 0.5) is 21.5 Å². The summed E-state index contributed by atoms with van der Waals surface area (Å²) >= 11 is 8.01. The molecular weight excluding hydrogens is 366 g/mol. The van der Waals surface area contributed by atoms with Crippen molar-refractivity contribution >= 4 is 51.3 Å². The Balaban J connectivity index is 2.43. The van der Waals surface area contributed by atoms with E-state index in [9.17, 15) is 4.39 Å². The predicted molar refractivity (Wildman–Crippen MR) is 83.0 cm³/mol. The molecule has 0 saturated carbocycles. The van der Waals surface area contributed by atoms with Crippen molar-refractivity contribution in [1.82, 2.24) is 0 Å². The van der Waals surface area contributed by atoms with Crippen LogP contribution in [-0.2, 0) is 0 Å². The van der Waals surface area contributed by atoms with E-state index in [0.29, 0.717) is 20.0 Å². The molecule has 0 atom stereocenters. The van der Waals surface area contributed by atoms with Gasteiger partial charge in [0.2, 0.25) is 0 Å². The second kappa shape index (κ2) is 5.32. The second-order valence-corrected chi connectivity index (χ2v) is 5.48. The molecule has 0 aromatic heterocycles. The van der Waals surface area contributed by atoms with Gasteiger partial charge in [-0.15, -0.1) is 0 Å². The number of nitrogens with two attached hydrogens (primary N) is 1. The fraction of sp³-hybridized carbons (Fsp3) is 0.0769. The van der Waals surface area contributed by atoms with Crippen LogP contribution in [0.1, 0.15) is 5.56 Å². The van der Waals surface area contributed by atoms with Gasteiger partial charge in [0.25, 0.3) is 0 Å². The van der Waals surface area contributed by atoms with Crippen LogP contribution in [0.15, 0.2) is 30.3 Å². The van der Waals surface area contributed by atoms with Crippen LogP contribution < -0.4 is 11.1 Å². The SMILES string of the molecule is Cc1cccc(Cl)c1Nc1cc(F)c(I)cc1N. The van der Waals surface area contributed by atoms with Crippen molar-refractivity contribution in [1.29, 1.82) is 0 Å². The zero-order chi connectivity index (χ0) is 13.3. The van der Waals surface area contributed by atoms with Crippen LogP contribution in [0.3, 0.4) is 0 Å². The molecule has 0 saturated heterocycles. The van der Waals surface area contributed by atoms with E-state index in [1.807, 2.05) is 41.6 Å². The number of rotatable bonds is 2. The third-order valence-electron chi connectivity index (χ3n) is 2.57. The Morgan fingerprint density at radius 1 is 1.33 bits per heavy atom. The molecule has 2 nitrogen and oxygen atoms in total. The van der Waals surface area contributed by atoms with Gasteiger partial charge in [0.1, 0.15) is 5.82 Å². The Morgan fingerprint density at radius 3 is 2.72 bits per heavy atom. The molecule has 2 aromatic carbocycles. The lowest BCUT2D eigenvalue weighted by molar-refractivity contribution is 0.621. The number of benzene rings is 2. The van der Waals surface area contributed by atoms with Gasteiger partial charge in [-0.1, -0.05) is 23.7 Å². The average Bonchev–Trinajstić information content (AvgIpc) is 2.30. The van der Waals surface area contributed by atoms with Crippen molar-refractivity contribution in [3.8, 4) is 0 Å². The van der Waals surface area contributed by atoms with Crippen LogP contribution in [0.2, 0.25) is 5.02 Å². The van der Waals surface area contributed by atoms with Gasteiger partial charge in [0.05, 0.1) is 25.7 Å². The van der Waals surface area contributed by atoms with E-state index < -0.39 is 0 Å². The summed E-state index contributed by atoms with van der Waals surface area (Å²) in [7, 11) is 0. The van der Waals surface area contributed by atoms with Gasteiger partial charge in [-0.25, -0.2) is 4.39 Å². The molecule has 0 bridgehead atoms. The topological polar surface area (TPSA) is 38.0 Å². The molecule has 0 heterocycles. The van der Waals surface area contributed by atoms with E-state index in [2.05, 4.69) is 5.32 Å².